The highest BCUT2D eigenvalue weighted by Crippen LogP contribution is 2.26. The van der Waals surface area contributed by atoms with E-state index in [4.69, 9.17) is 16.3 Å². The lowest BCUT2D eigenvalue weighted by molar-refractivity contribution is 0.0537. The number of hydrogen-bond acceptors (Lipinski definition) is 3. The van der Waals surface area contributed by atoms with E-state index in [0.717, 1.165) is 23.9 Å². The summed E-state index contributed by atoms with van der Waals surface area (Å²) >= 11 is 9.52. The van der Waals surface area contributed by atoms with Gasteiger partial charge in [0, 0.05) is 29.5 Å². The van der Waals surface area contributed by atoms with Gasteiger partial charge in [-0.3, -0.25) is 9.78 Å². The first-order chi connectivity index (χ1) is 11.1. The zero-order chi connectivity index (χ0) is 16.2. The second-order valence-electron chi connectivity index (χ2n) is 5.42. The van der Waals surface area contributed by atoms with Crippen LogP contribution < -0.4 is 4.74 Å². The summed E-state index contributed by atoms with van der Waals surface area (Å²) in [5, 5.41) is 0.488. The van der Waals surface area contributed by atoms with E-state index in [1.165, 1.54) is 0 Å². The third kappa shape index (κ3) is 3.85. The number of halogens is 2. The molecule has 1 atom stereocenters. The van der Waals surface area contributed by atoms with Crippen molar-refractivity contribution in [3.63, 3.8) is 0 Å². The number of benzene rings is 1. The maximum atomic E-state index is 12.7. The van der Waals surface area contributed by atoms with E-state index >= 15 is 0 Å². The summed E-state index contributed by atoms with van der Waals surface area (Å²) in [4.78, 5) is 18.5. The number of carbonyl (C=O) groups excluding carboxylic acids is 1. The molecule has 4 nitrogen and oxygen atoms in total. The molecule has 0 aliphatic carbocycles. The zero-order valence-electron chi connectivity index (χ0n) is 12.4. The van der Waals surface area contributed by atoms with Gasteiger partial charge in [-0.15, -0.1) is 0 Å². The molecule has 1 unspecified atom stereocenters. The van der Waals surface area contributed by atoms with Gasteiger partial charge in [0.1, 0.15) is 16.9 Å². The van der Waals surface area contributed by atoms with Crippen molar-refractivity contribution in [2.75, 3.05) is 13.1 Å². The summed E-state index contributed by atoms with van der Waals surface area (Å²) in [6, 6.07) is 9.22. The number of aromatic nitrogens is 1. The molecule has 3 rings (SSSR count). The highest BCUT2D eigenvalue weighted by atomic mass is 79.9. The molecule has 2 aromatic rings. The van der Waals surface area contributed by atoms with Crippen molar-refractivity contribution < 1.29 is 9.53 Å². The molecular weight excluding hydrogens is 380 g/mol. The number of piperidine rings is 1. The lowest BCUT2D eigenvalue weighted by Gasteiger charge is -2.33. The topological polar surface area (TPSA) is 42.4 Å². The number of rotatable bonds is 3. The first kappa shape index (κ1) is 16.3. The Hall–Kier alpha value is -1.59. The first-order valence-corrected chi connectivity index (χ1v) is 8.62. The Morgan fingerprint density at radius 3 is 2.96 bits per heavy atom. The number of amides is 1. The minimum atomic E-state index is -0.0601. The van der Waals surface area contributed by atoms with Crippen LogP contribution in [0.4, 0.5) is 0 Å². The van der Waals surface area contributed by atoms with Crippen molar-refractivity contribution >= 4 is 33.4 Å². The fourth-order valence-corrected chi connectivity index (χ4v) is 3.28. The monoisotopic (exact) mass is 394 g/mol. The number of nitrogens with zero attached hydrogens (tertiary/aromatic N) is 2. The molecule has 1 amide bonds. The molecule has 1 aliphatic heterocycles. The van der Waals surface area contributed by atoms with Crippen LogP contribution in [0.3, 0.4) is 0 Å². The van der Waals surface area contributed by atoms with Gasteiger partial charge < -0.3 is 9.64 Å². The maximum absolute atomic E-state index is 12.7. The summed E-state index contributed by atoms with van der Waals surface area (Å²) in [5.41, 5.74) is 0.676. The van der Waals surface area contributed by atoms with E-state index in [1.54, 1.807) is 18.5 Å². The van der Waals surface area contributed by atoms with Gasteiger partial charge in [-0.1, -0.05) is 23.7 Å². The van der Waals surface area contributed by atoms with Gasteiger partial charge in [-0.05, 0) is 40.9 Å². The van der Waals surface area contributed by atoms with E-state index in [1.807, 2.05) is 29.2 Å². The van der Waals surface area contributed by atoms with Gasteiger partial charge in [0.2, 0.25) is 0 Å². The Kier molecular flexibility index (Phi) is 5.18. The summed E-state index contributed by atoms with van der Waals surface area (Å²) in [6.07, 6.45) is 4.95. The number of hydrogen-bond donors (Lipinski definition) is 0. The van der Waals surface area contributed by atoms with Crippen molar-refractivity contribution in [1.29, 1.82) is 0 Å². The van der Waals surface area contributed by atoms with Gasteiger partial charge >= 0.3 is 0 Å². The Balaban J connectivity index is 1.70. The first-order valence-electron chi connectivity index (χ1n) is 7.45. The molecule has 23 heavy (non-hydrogen) atoms. The van der Waals surface area contributed by atoms with Crippen LogP contribution in [0.1, 0.15) is 23.2 Å². The van der Waals surface area contributed by atoms with E-state index in [-0.39, 0.29) is 12.0 Å². The zero-order valence-corrected chi connectivity index (χ0v) is 14.8. The summed E-state index contributed by atoms with van der Waals surface area (Å²) < 4.78 is 6.77. The van der Waals surface area contributed by atoms with Crippen LogP contribution in [0.5, 0.6) is 5.75 Å². The molecule has 1 aliphatic rings. The highest BCUT2D eigenvalue weighted by molar-refractivity contribution is 9.10. The van der Waals surface area contributed by atoms with Gasteiger partial charge in [0.15, 0.2) is 0 Å². The van der Waals surface area contributed by atoms with Crippen molar-refractivity contribution in [2.24, 2.45) is 0 Å². The van der Waals surface area contributed by atoms with Crippen molar-refractivity contribution in [1.82, 2.24) is 9.88 Å². The molecule has 0 N–H and O–H groups in total. The van der Waals surface area contributed by atoms with Crippen molar-refractivity contribution in [3.8, 4) is 5.75 Å². The van der Waals surface area contributed by atoms with Crippen LogP contribution in [0.2, 0.25) is 5.02 Å². The van der Waals surface area contributed by atoms with E-state index in [2.05, 4.69) is 20.9 Å². The molecule has 2 heterocycles. The molecule has 0 bridgehead atoms. The summed E-state index contributed by atoms with van der Waals surface area (Å²) in [7, 11) is 0. The number of likely N-dealkylation sites (tertiary alicyclic amines) is 1. The minimum Gasteiger partial charge on any atom is -0.487 e. The van der Waals surface area contributed by atoms with Crippen LogP contribution in [0.15, 0.2) is 47.2 Å². The number of ether oxygens (including phenoxy) is 1. The second-order valence-corrected chi connectivity index (χ2v) is 6.68. The molecule has 0 saturated carbocycles. The molecular formula is C17H16BrClN2O2. The maximum Gasteiger partial charge on any atom is 0.255 e. The quantitative estimate of drug-likeness (QED) is 0.783. The second kappa shape index (κ2) is 7.32. The summed E-state index contributed by atoms with van der Waals surface area (Å²) in [5.74, 6) is 0.633. The molecule has 6 heteroatoms. The predicted octanol–water partition coefficient (Wildman–Crippen LogP) is 4.18. The Morgan fingerprint density at radius 2 is 2.17 bits per heavy atom. The predicted molar refractivity (Wildman–Crippen MR) is 92.9 cm³/mol. The highest BCUT2D eigenvalue weighted by Gasteiger charge is 2.26. The molecule has 1 saturated heterocycles. The minimum absolute atomic E-state index is 0.0200. The number of pyridine rings is 1. The molecule has 1 fully saturated rings. The van der Waals surface area contributed by atoms with Gasteiger partial charge in [0.25, 0.3) is 5.91 Å². The van der Waals surface area contributed by atoms with E-state index in [9.17, 15) is 4.79 Å². The average Bonchev–Trinajstić information content (AvgIpc) is 2.57. The molecule has 0 spiro atoms. The van der Waals surface area contributed by atoms with E-state index < -0.39 is 0 Å². The van der Waals surface area contributed by atoms with Gasteiger partial charge in [-0.25, -0.2) is 0 Å². The Labute approximate surface area is 148 Å². The SMILES string of the molecule is O=C(c1ccccc1Br)N1CCCC(Oc2ccncc2Cl)C1. The number of carbonyl (C=O) groups is 1. The van der Waals surface area contributed by atoms with Gasteiger partial charge in [-0.2, -0.15) is 0 Å². The third-order valence-corrected chi connectivity index (χ3v) is 4.77. The smallest absolute Gasteiger partial charge is 0.255 e. The lowest BCUT2D eigenvalue weighted by atomic mass is 10.1. The standard InChI is InChI=1S/C17H16BrClN2O2/c18-14-6-2-1-5-13(14)17(22)21-9-3-4-12(11-21)23-16-7-8-20-10-15(16)19/h1-2,5-8,10,12H,3-4,9,11H2. The third-order valence-electron chi connectivity index (χ3n) is 3.80. The van der Waals surface area contributed by atoms with Gasteiger partial charge in [0.05, 0.1) is 12.1 Å². The Bertz CT molecular complexity index is 710. The van der Waals surface area contributed by atoms with Crippen LogP contribution in [0.25, 0.3) is 0 Å². The molecule has 120 valence electrons. The van der Waals surface area contributed by atoms with Crippen LogP contribution in [0, 0.1) is 0 Å². The largest absolute Gasteiger partial charge is 0.487 e. The van der Waals surface area contributed by atoms with Crippen LogP contribution in [-0.4, -0.2) is 35.0 Å². The van der Waals surface area contributed by atoms with Crippen LogP contribution >= 0.6 is 27.5 Å². The lowest BCUT2D eigenvalue weighted by Crippen LogP contribution is -2.44. The summed E-state index contributed by atoms with van der Waals surface area (Å²) in [6.45, 7) is 1.29. The molecule has 1 aromatic carbocycles. The Morgan fingerprint density at radius 1 is 1.35 bits per heavy atom. The molecule has 0 radical (unpaired) electrons. The van der Waals surface area contributed by atoms with Crippen molar-refractivity contribution in [3.05, 3.63) is 57.8 Å². The average molecular weight is 396 g/mol. The van der Waals surface area contributed by atoms with Crippen molar-refractivity contribution in [2.45, 2.75) is 18.9 Å². The fraction of sp³-hybridized carbons (Fsp3) is 0.294. The van der Waals surface area contributed by atoms with Crippen LogP contribution in [-0.2, 0) is 0 Å². The van der Waals surface area contributed by atoms with E-state index in [0.29, 0.717) is 22.9 Å². The normalized spacial score (nSPS) is 17.8. The fourth-order valence-electron chi connectivity index (χ4n) is 2.66. The molecule has 1 aromatic heterocycles.